The first kappa shape index (κ1) is 22.3. The van der Waals surface area contributed by atoms with Crippen LogP contribution in [0.2, 0.25) is 0 Å². The quantitative estimate of drug-likeness (QED) is 0.309. The number of nitrogens with two attached hydrogens (primary N) is 1. The molecule has 1 amide bonds. The molecule has 1 aliphatic heterocycles. The van der Waals surface area contributed by atoms with E-state index in [1.54, 1.807) is 17.3 Å². The molecule has 1 aliphatic rings. The van der Waals surface area contributed by atoms with Crippen LogP contribution < -0.4 is 10.5 Å². The molecule has 0 radical (unpaired) electrons. The third-order valence-corrected chi connectivity index (χ3v) is 3.52. The number of nitrogens with zero attached hydrogens (tertiary/aromatic N) is 4. The largest absolute Gasteiger partial charge is 0.490 e. The van der Waals surface area contributed by atoms with E-state index < -0.39 is 5.60 Å². The second-order valence-corrected chi connectivity index (χ2v) is 6.73. The van der Waals surface area contributed by atoms with Gasteiger partial charge in [0.05, 0.1) is 12.7 Å². The van der Waals surface area contributed by atoms with Crippen LogP contribution in [0.1, 0.15) is 20.8 Å². The van der Waals surface area contributed by atoms with E-state index in [4.69, 9.17) is 15.2 Å². The van der Waals surface area contributed by atoms with Crippen molar-refractivity contribution in [3.05, 3.63) is 24.5 Å². The summed E-state index contributed by atoms with van der Waals surface area (Å²) in [7, 11) is 0. The molecule has 1 fully saturated rings. The highest BCUT2D eigenvalue weighted by Crippen LogP contribution is 2.12. The Morgan fingerprint density at radius 2 is 1.92 bits per heavy atom. The van der Waals surface area contributed by atoms with Gasteiger partial charge in [0.15, 0.2) is 5.96 Å². The average Bonchev–Trinajstić information content (AvgIpc) is 2.58. The van der Waals surface area contributed by atoms with Crippen molar-refractivity contribution in [3.63, 3.8) is 0 Å². The molecule has 0 aromatic carbocycles. The Labute approximate surface area is 171 Å². The van der Waals surface area contributed by atoms with E-state index in [1.807, 2.05) is 37.8 Å². The molecule has 26 heavy (non-hydrogen) atoms. The monoisotopic (exact) mass is 477 g/mol. The third-order valence-electron chi connectivity index (χ3n) is 3.52. The number of ether oxygens (including phenoxy) is 2. The standard InChI is InChI=1S/C17H27N5O3.HI/c1-17(2,3)25-16(23)22-10-8-21(9-11-22)15(18)20-7-12-24-14-5-4-6-19-13-14;/h4-6,13H,7-12H2,1-3H3,(H2,18,20);1H. The SMILES string of the molecule is CC(C)(C)OC(=O)N1CCN(C(N)=NCCOc2cccnc2)CC1.I. The van der Waals surface area contributed by atoms with Crippen LogP contribution >= 0.6 is 24.0 Å². The van der Waals surface area contributed by atoms with Crippen molar-refractivity contribution in [2.24, 2.45) is 10.7 Å². The van der Waals surface area contributed by atoms with Crippen molar-refractivity contribution in [1.29, 1.82) is 0 Å². The lowest BCUT2D eigenvalue weighted by Gasteiger charge is -2.36. The number of pyridine rings is 1. The average molecular weight is 477 g/mol. The van der Waals surface area contributed by atoms with E-state index in [2.05, 4.69) is 9.98 Å². The molecule has 0 unspecified atom stereocenters. The van der Waals surface area contributed by atoms with Crippen molar-refractivity contribution in [2.45, 2.75) is 26.4 Å². The zero-order valence-electron chi connectivity index (χ0n) is 15.6. The van der Waals surface area contributed by atoms with E-state index in [9.17, 15) is 4.79 Å². The smallest absolute Gasteiger partial charge is 0.410 e. The molecule has 146 valence electrons. The Balaban J connectivity index is 0.00000338. The van der Waals surface area contributed by atoms with Crippen molar-refractivity contribution in [2.75, 3.05) is 39.3 Å². The summed E-state index contributed by atoms with van der Waals surface area (Å²) >= 11 is 0. The highest BCUT2D eigenvalue weighted by atomic mass is 127. The van der Waals surface area contributed by atoms with E-state index in [-0.39, 0.29) is 30.1 Å². The lowest BCUT2D eigenvalue weighted by atomic mass is 10.2. The topological polar surface area (TPSA) is 93.3 Å². The summed E-state index contributed by atoms with van der Waals surface area (Å²) in [5, 5.41) is 0. The number of hydrogen-bond donors (Lipinski definition) is 1. The summed E-state index contributed by atoms with van der Waals surface area (Å²) in [6.07, 6.45) is 3.07. The molecule has 0 bridgehead atoms. The second-order valence-electron chi connectivity index (χ2n) is 6.73. The summed E-state index contributed by atoms with van der Waals surface area (Å²) in [4.78, 5) is 24.0. The third kappa shape index (κ3) is 7.63. The Morgan fingerprint density at radius 3 is 2.50 bits per heavy atom. The summed E-state index contributed by atoms with van der Waals surface area (Å²) in [5.74, 6) is 1.18. The Morgan fingerprint density at radius 1 is 1.27 bits per heavy atom. The van der Waals surface area contributed by atoms with E-state index in [0.29, 0.717) is 51.0 Å². The van der Waals surface area contributed by atoms with Crippen LogP contribution in [0.3, 0.4) is 0 Å². The number of halogens is 1. The molecule has 0 aliphatic carbocycles. The van der Waals surface area contributed by atoms with Crippen LogP contribution in [0.5, 0.6) is 5.75 Å². The van der Waals surface area contributed by atoms with E-state index >= 15 is 0 Å². The highest BCUT2D eigenvalue weighted by molar-refractivity contribution is 14.0. The number of carbonyl (C=O) groups is 1. The lowest BCUT2D eigenvalue weighted by molar-refractivity contribution is 0.0186. The van der Waals surface area contributed by atoms with Crippen LogP contribution in [0.25, 0.3) is 0 Å². The maximum absolute atomic E-state index is 12.0. The lowest BCUT2D eigenvalue weighted by Crippen LogP contribution is -2.53. The van der Waals surface area contributed by atoms with Gasteiger partial charge in [0.1, 0.15) is 18.0 Å². The van der Waals surface area contributed by atoms with Gasteiger partial charge in [-0.1, -0.05) is 0 Å². The molecule has 2 heterocycles. The molecular formula is C17H28IN5O3. The molecule has 1 aromatic heterocycles. The maximum Gasteiger partial charge on any atom is 0.410 e. The fourth-order valence-electron chi connectivity index (χ4n) is 2.30. The number of amides is 1. The van der Waals surface area contributed by atoms with Gasteiger partial charge < -0.3 is 25.0 Å². The number of carbonyl (C=O) groups excluding carboxylic acids is 1. The summed E-state index contributed by atoms with van der Waals surface area (Å²) in [6.45, 7) is 8.89. The number of guanidine groups is 1. The minimum Gasteiger partial charge on any atom is -0.490 e. The minimum absolute atomic E-state index is 0. The van der Waals surface area contributed by atoms with Gasteiger partial charge in [0.2, 0.25) is 0 Å². The number of hydrogen-bond acceptors (Lipinski definition) is 5. The van der Waals surface area contributed by atoms with Crippen molar-refractivity contribution in [3.8, 4) is 5.75 Å². The van der Waals surface area contributed by atoms with Crippen LogP contribution in [0, 0.1) is 0 Å². The molecule has 0 spiro atoms. The summed E-state index contributed by atoms with van der Waals surface area (Å²) < 4.78 is 10.9. The molecule has 2 N–H and O–H groups in total. The van der Waals surface area contributed by atoms with Gasteiger partial charge in [-0.15, -0.1) is 24.0 Å². The van der Waals surface area contributed by atoms with Gasteiger partial charge >= 0.3 is 6.09 Å². The van der Waals surface area contributed by atoms with Gasteiger partial charge in [-0.25, -0.2) is 9.79 Å². The molecule has 9 heteroatoms. The fourth-order valence-corrected chi connectivity index (χ4v) is 2.30. The van der Waals surface area contributed by atoms with Crippen LogP contribution in [0.15, 0.2) is 29.5 Å². The predicted molar refractivity (Wildman–Crippen MR) is 111 cm³/mol. The predicted octanol–water partition coefficient (Wildman–Crippen LogP) is 1.95. The molecule has 0 saturated carbocycles. The van der Waals surface area contributed by atoms with Crippen LogP contribution in [-0.4, -0.2) is 71.8 Å². The first-order valence-corrected chi connectivity index (χ1v) is 8.41. The minimum atomic E-state index is -0.483. The second kappa shape index (κ2) is 10.4. The van der Waals surface area contributed by atoms with Gasteiger partial charge in [-0.05, 0) is 32.9 Å². The number of rotatable bonds is 4. The van der Waals surface area contributed by atoms with Crippen molar-refractivity contribution in [1.82, 2.24) is 14.8 Å². The first-order valence-electron chi connectivity index (χ1n) is 8.41. The van der Waals surface area contributed by atoms with Crippen molar-refractivity contribution < 1.29 is 14.3 Å². The van der Waals surface area contributed by atoms with E-state index in [0.717, 1.165) is 0 Å². The number of aliphatic imine (C=N–C) groups is 1. The maximum atomic E-state index is 12.0. The molecular weight excluding hydrogens is 449 g/mol. The number of aromatic nitrogens is 1. The van der Waals surface area contributed by atoms with Gasteiger partial charge in [-0.3, -0.25) is 4.98 Å². The zero-order chi connectivity index (χ0) is 18.3. The molecule has 1 saturated heterocycles. The molecule has 8 nitrogen and oxygen atoms in total. The molecule has 1 aromatic rings. The molecule has 2 rings (SSSR count). The Hall–Kier alpha value is -1.78. The highest BCUT2D eigenvalue weighted by Gasteiger charge is 2.26. The normalized spacial score (nSPS) is 15.3. The summed E-state index contributed by atoms with van der Waals surface area (Å²) in [5.41, 5.74) is 5.54. The first-order chi connectivity index (χ1) is 11.8. The Bertz CT molecular complexity index is 584. The van der Waals surface area contributed by atoms with E-state index in [1.165, 1.54) is 0 Å². The fraction of sp³-hybridized carbons (Fsp3) is 0.588. The van der Waals surface area contributed by atoms with Gasteiger partial charge in [-0.2, -0.15) is 0 Å². The number of piperazine rings is 1. The van der Waals surface area contributed by atoms with Crippen molar-refractivity contribution >= 4 is 36.0 Å². The van der Waals surface area contributed by atoms with Crippen LogP contribution in [-0.2, 0) is 4.74 Å². The van der Waals surface area contributed by atoms with Gasteiger partial charge in [0, 0.05) is 32.4 Å². The Kier molecular flexibility index (Phi) is 8.89. The zero-order valence-corrected chi connectivity index (χ0v) is 17.9. The van der Waals surface area contributed by atoms with Crippen LogP contribution in [0.4, 0.5) is 4.79 Å². The summed E-state index contributed by atoms with van der Waals surface area (Å²) in [6, 6.07) is 3.66. The van der Waals surface area contributed by atoms with Gasteiger partial charge in [0.25, 0.3) is 0 Å². The molecule has 0 atom stereocenters.